The van der Waals surface area contributed by atoms with E-state index in [1.807, 2.05) is 6.07 Å². The molecule has 166 valence electrons. The van der Waals surface area contributed by atoms with Gasteiger partial charge >= 0.3 is 63.4 Å². The molecule has 0 unspecified atom stereocenters. The van der Waals surface area contributed by atoms with Gasteiger partial charge in [-0.05, 0) is 19.4 Å². The average molecular weight is 483 g/mol. The van der Waals surface area contributed by atoms with Crippen LogP contribution in [0.4, 0.5) is 4.79 Å². The Bertz CT molecular complexity index is 895. The molecule has 1 aromatic carbocycles. The number of aliphatic hydroxyl groups is 1. The first-order valence-corrected chi connectivity index (χ1v) is 10.4. The van der Waals surface area contributed by atoms with E-state index in [1.54, 1.807) is 24.3 Å². The van der Waals surface area contributed by atoms with Gasteiger partial charge in [0.2, 0.25) is 5.91 Å². The van der Waals surface area contributed by atoms with Gasteiger partial charge in [0, 0.05) is 7.05 Å². The normalized spacial score (nSPS) is 20.0. The zero-order valence-corrected chi connectivity index (χ0v) is 21.6. The van der Waals surface area contributed by atoms with Gasteiger partial charge in [0.25, 0.3) is 0 Å². The van der Waals surface area contributed by atoms with Crippen LogP contribution in [0.1, 0.15) is 19.4 Å². The minimum absolute atomic E-state index is 0. The second kappa shape index (κ2) is 11.7. The maximum Gasteiger partial charge on any atom is 1.00 e. The summed E-state index contributed by atoms with van der Waals surface area (Å²) < 4.78 is 44.2. The van der Waals surface area contributed by atoms with Crippen molar-refractivity contribution < 1.29 is 93.3 Å². The number of carbonyl (C=O) groups is 3. The molecule has 4 atom stereocenters. The second-order valence-corrected chi connectivity index (χ2v) is 8.19. The maximum atomic E-state index is 12.2. The Labute approximate surface area is 223 Å². The molecule has 1 saturated heterocycles. The van der Waals surface area contributed by atoms with E-state index in [9.17, 15) is 32.5 Å². The van der Waals surface area contributed by atoms with Crippen LogP contribution in [0, 0.1) is 5.92 Å². The van der Waals surface area contributed by atoms with Crippen molar-refractivity contribution in [2.45, 2.75) is 38.7 Å². The van der Waals surface area contributed by atoms with Crippen LogP contribution in [0.3, 0.4) is 0 Å². The molecule has 31 heavy (non-hydrogen) atoms. The topological polar surface area (TPSA) is 154 Å². The van der Waals surface area contributed by atoms with Crippen LogP contribution < -0.4 is 51.4 Å². The van der Waals surface area contributed by atoms with Crippen LogP contribution in [0.25, 0.3) is 0 Å². The van der Waals surface area contributed by atoms with Gasteiger partial charge in [-0.3, -0.25) is 9.59 Å². The molecule has 1 N–H and O–H groups in total. The number of hydrogen-bond donors (Lipinski definition) is 1. The predicted molar refractivity (Wildman–Crippen MR) is 100 cm³/mol. The Hall–Kier alpha value is -1.06. The van der Waals surface area contributed by atoms with Crippen LogP contribution in [-0.2, 0) is 36.0 Å². The minimum atomic E-state index is -5.14. The van der Waals surface area contributed by atoms with Crippen LogP contribution >= 0.6 is 0 Å². The summed E-state index contributed by atoms with van der Waals surface area (Å²) in [6, 6.07) is 7.56. The summed E-state index contributed by atoms with van der Waals surface area (Å²) in [6.45, 7) is 2.12. The summed E-state index contributed by atoms with van der Waals surface area (Å²) in [4.78, 5) is 36.9. The molecule has 1 fully saturated rings. The fourth-order valence-corrected chi connectivity index (χ4v) is 4.04. The van der Waals surface area contributed by atoms with Crippen molar-refractivity contribution in [1.82, 2.24) is 9.21 Å². The number of likely N-dealkylation sites (N-methyl/N-ethyl adjacent to an activating group) is 1. The smallest absolute Gasteiger partial charge is 0.731 e. The molecule has 0 bridgehead atoms. The molecule has 11 nitrogen and oxygen atoms in total. The number of hydrogen-bond acceptors (Lipinski definition) is 9. The summed E-state index contributed by atoms with van der Waals surface area (Å²) in [5, 5.41) is 9.70. The van der Waals surface area contributed by atoms with E-state index in [4.69, 9.17) is 9.47 Å². The van der Waals surface area contributed by atoms with Crippen molar-refractivity contribution >= 4 is 28.3 Å². The second-order valence-electron chi connectivity index (χ2n) is 6.94. The molecule has 1 aliphatic heterocycles. The number of benzene rings is 1. The van der Waals surface area contributed by atoms with Crippen molar-refractivity contribution in [3.05, 3.63) is 35.9 Å². The molecule has 0 spiro atoms. The Kier molecular flexibility index (Phi) is 10.6. The van der Waals surface area contributed by atoms with E-state index in [1.165, 1.54) is 20.9 Å². The number of carbonyl (C=O) groups excluding carboxylic acids is 3. The first-order chi connectivity index (χ1) is 13.9. The number of β-lactam (4-membered cyclic amide) rings is 1. The number of ether oxygens (including phenoxy) is 2. The number of amides is 2. The Balaban J connectivity index is 0.00000480. The van der Waals surface area contributed by atoms with Crippen molar-refractivity contribution in [2.24, 2.45) is 5.92 Å². The molecular weight excluding hydrogens is 459 g/mol. The van der Waals surface area contributed by atoms with Gasteiger partial charge in [0.15, 0.2) is 10.3 Å². The van der Waals surface area contributed by atoms with E-state index in [-0.39, 0.29) is 62.3 Å². The van der Waals surface area contributed by atoms with Gasteiger partial charge in [-0.25, -0.2) is 17.5 Å². The predicted octanol–water partition coefficient (Wildman–Crippen LogP) is -3.14. The summed E-state index contributed by atoms with van der Waals surface area (Å²) in [5.74, 6) is -2.97. The largest absolute Gasteiger partial charge is 1.00 e. The SMILES string of the molecule is C[C@H](OC(=O)N(C)CC(=O)OCc1ccccc1)[C@@H]1[C@@H]([C@@H](C)O)C(=O)N1S(=O)(=O)[O-].[K+]. The van der Waals surface area contributed by atoms with Gasteiger partial charge in [-0.1, -0.05) is 30.3 Å². The zero-order valence-electron chi connectivity index (χ0n) is 17.6. The molecule has 0 radical (unpaired) electrons. The maximum absolute atomic E-state index is 12.2. The number of nitrogens with zero attached hydrogens (tertiary/aromatic N) is 2. The number of aliphatic hydroxyl groups excluding tert-OH is 1. The molecular formula is C18H23KN2O9S. The fraction of sp³-hybridized carbons (Fsp3) is 0.500. The van der Waals surface area contributed by atoms with Crippen LogP contribution in [0.5, 0.6) is 0 Å². The molecule has 2 rings (SSSR count). The van der Waals surface area contributed by atoms with Gasteiger partial charge in [0.05, 0.1) is 18.1 Å². The van der Waals surface area contributed by atoms with Crippen LogP contribution in [0.15, 0.2) is 30.3 Å². The first-order valence-electron chi connectivity index (χ1n) is 9.02. The van der Waals surface area contributed by atoms with E-state index in [0.29, 0.717) is 0 Å². The standard InChI is InChI=1S/C18H24N2O9S.K/c1-11(21)15-16(20(17(15)23)30(25,26)27)12(2)29-18(24)19(3)9-14(22)28-10-13-7-5-4-6-8-13;/h4-8,11-12,15-16,21H,9-10H2,1-3H3,(H,25,26,27);/q;+1/p-1/t11-,12+,15-,16-;/m1./s1. The molecule has 13 heteroatoms. The van der Waals surface area contributed by atoms with Crippen molar-refractivity contribution in [3.63, 3.8) is 0 Å². The van der Waals surface area contributed by atoms with E-state index in [2.05, 4.69) is 0 Å². The Morgan fingerprint density at radius 1 is 1.26 bits per heavy atom. The third-order valence-corrected chi connectivity index (χ3v) is 5.50. The molecule has 1 aliphatic rings. The van der Waals surface area contributed by atoms with Crippen molar-refractivity contribution in [2.75, 3.05) is 13.6 Å². The number of esters is 1. The monoisotopic (exact) mass is 482 g/mol. The summed E-state index contributed by atoms with van der Waals surface area (Å²) in [6.07, 6.45) is -3.49. The Morgan fingerprint density at radius 2 is 1.84 bits per heavy atom. The van der Waals surface area contributed by atoms with E-state index in [0.717, 1.165) is 10.5 Å². The van der Waals surface area contributed by atoms with Crippen LogP contribution in [-0.4, -0.2) is 77.1 Å². The molecule has 0 saturated carbocycles. The van der Waals surface area contributed by atoms with Crippen molar-refractivity contribution in [3.8, 4) is 0 Å². The minimum Gasteiger partial charge on any atom is -0.731 e. The number of rotatable bonds is 8. The van der Waals surface area contributed by atoms with Gasteiger partial charge in [-0.15, -0.1) is 0 Å². The first kappa shape index (κ1) is 28.0. The summed E-state index contributed by atoms with van der Waals surface area (Å²) in [5.41, 5.74) is 0.766. The molecule has 2 amide bonds. The Morgan fingerprint density at radius 3 is 2.35 bits per heavy atom. The van der Waals surface area contributed by atoms with Gasteiger partial charge in [-0.2, -0.15) is 0 Å². The molecule has 1 heterocycles. The average Bonchev–Trinajstić information content (AvgIpc) is 2.63. The molecule has 0 aliphatic carbocycles. The third kappa shape index (κ3) is 7.22. The fourth-order valence-electron chi connectivity index (χ4n) is 3.10. The third-order valence-electron chi connectivity index (χ3n) is 4.59. The van der Waals surface area contributed by atoms with Crippen molar-refractivity contribution in [1.29, 1.82) is 0 Å². The quantitative estimate of drug-likeness (QED) is 0.175. The molecule has 1 aromatic rings. The summed E-state index contributed by atoms with van der Waals surface area (Å²) >= 11 is 0. The van der Waals surface area contributed by atoms with Gasteiger partial charge in [0.1, 0.15) is 19.3 Å². The van der Waals surface area contributed by atoms with E-state index >= 15 is 0 Å². The van der Waals surface area contributed by atoms with Crippen LogP contribution in [0.2, 0.25) is 0 Å². The molecule has 0 aromatic heterocycles. The summed E-state index contributed by atoms with van der Waals surface area (Å²) in [7, 11) is -3.88. The van der Waals surface area contributed by atoms with Gasteiger partial charge < -0.3 is 24.0 Å². The zero-order chi connectivity index (χ0) is 22.6. The van der Waals surface area contributed by atoms with E-state index < -0.39 is 59.0 Å².